The Kier molecular flexibility index (Phi) is 2.21. The summed E-state index contributed by atoms with van der Waals surface area (Å²) in [5, 5.41) is 0.805. The lowest BCUT2D eigenvalue weighted by molar-refractivity contribution is 0.170. The molecule has 0 atom stereocenters. The van der Waals surface area contributed by atoms with Crippen LogP contribution in [0.25, 0.3) is 0 Å². The van der Waals surface area contributed by atoms with Gasteiger partial charge in [0.15, 0.2) is 11.5 Å². The average molecular weight is 229 g/mol. The second-order valence-electron chi connectivity index (χ2n) is 2.57. The fraction of sp³-hybridized carbons (Fsp3) is 0.333. The SMILES string of the molecule is BrCc1cccc2c1OCCO2. The van der Waals surface area contributed by atoms with E-state index >= 15 is 0 Å². The van der Waals surface area contributed by atoms with Crippen LogP contribution in [0.3, 0.4) is 0 Å². The van der Waals surface area contributed by atoms with Crippen molar-refractivity contribution in [2.24, 2.45) is 0 Å². The Labute approximate surface area is 79.6 Å². The van der Waals surface area contributed by atoms with Crippen molar-refractivity contribution in [1.82, 2.24) is 0 Å². The Bertz CT molecular complexity index is 272. The minimum absolute atomic E-state index is 0.650. The van der Waals surface area contributed by atoms with Gasteiger partial charge in [0.1, 0.15) is 13.2 Å². The number of fused-ring (bicyclic) bond motifs is 1. The molecule has 0 unspecified atom stereocenters. The Morgan fingerprint density at radius 2 is 2.08 bits per heavy atom. The molecule has 1 aliphatic rings. The van der Waals surface area contributed by atoms with E-state index in [0.717, 1.165) is 22.4 Å². The zero-order chi connectivity index (χ0) is 8.39. The maximum absolute atomic E-state index is 5.49. The summed E-state index contributed by atoms with van der Waals surface area (Å²) in [4.78, 5) is 0. The summed E-state index contributed by atoms with van der Waals surface area (Å²) in [6, 6.07) is 5.94. The first-order valence-corrected chi connectivity index (χ1v) is 4.97. The molecule has 3 heteroatoms. The van der Waals surface area contributed by atoms with Gasteiger partial charge in [0.2, 0.25) is 0 Å². The quantitative estimate of drug-likeness (QED) is 0.688. The van der Waals surface area contributed by atoms with Crippen LogP contribution in [0.5, 0.6) is 11.5 Å². The predicted octanol–water partition coefficient (Wildman–Crippen LogP) is 2.35. The Morgan fingerprint density at radius 3 is 2.92 bits per heavy atom. The smallest absolute Gasteiger partial charge is 0.165 e. The number of halogens is 1. The van der Waals surface area contributed by atoms with Crippen LogP contribution in [-0.2, 0) is 5.33 Å². The zero-order valence-corrected chi connectivity index (χ0v) is 8.13. The van der Waals surface area contributed by atoms with Gasteiger partial charge in [-0.25, -0.2) is 0 Å². The van der Waals surface area contributed by atoms with E-state index in [-0.39, 0.29) is 0 Å². The highest BCUT2D eigenvalue weighted by Gasteiger charge is 2.13. The van der Waals surface area contributed by atoms with E-state index in [1.165, 1.54) is 0 Å². The summed E-state index contributed by atoms with van der Waals surface area (Å²) >= 11 is 3.40. The third kappa shape index (κ3) is 1.29. The zero-order valence-electron chi connectivity index (χ0n) is 6.55. The number of ether oxygens (including phenoxy) is 2. The van der Waals surface area contributed by atoms with Crippen molar-refractivity contribution in [3.8, 4) is 11.5 Å². The average Bonchev–Trinajstić information content (AvgIpc) is 2.17. The molecular formula is C9H9BrO2. The van der Waals surface area contributed by atoms with Gasteiger partial charge in [-0.15, -0.1) is 0 Å². The molecule has 0 aromatic heterocycles. The van der Waals surface area contributed by atoms with E-state index in [2.05, 4.69) is 15.9 Å². The molecule has 1 aliphatic heterocycles. The first kappa shape index (κ1) is 7.92. The summed E-state index contributed by atoms with van der Waals surface area (Å²) in [5.41, 5.74) is 1.15. The third-order valence-electron chi connectivity index (χ3n) is 1.79. The van der Waals surface area contributed by atoms with Gasteiger partial charge in [0, 0.05) is 10.9 Å². The molecule has 0 saturated heterocycles. The third-order valence-corrected chi connectivity index (χ3v) is 2.40. The molecule has 1 aromatic rings. The number of hydrogen-bond acceptors (Lipinski definition) is 2. The largest absolute Gasteiger partial charge is 0.486 e. The Hall–Kier alpha value is -0.700. The van der Waals surface area contributed by atoms with Crippen LogP contribution < -0.4 is 9.47 Å². The van der Waals surface area contributed by atoms with Crippen molar-refractivity contribution >= 4 is 15.9 Å². The predicted molar refractivity (Wildman–Crippen MR) is 50.1 cm³/mol. The summed E-state index contributed by atoms with van der Waals surface area (Å²) in [6.45, 7) is 1.30. The standard InChI is InChI=1S/C9H9BrO2/c10-6-7-2-1-3-8-9(7)12-5-4-11-8/h1-3H,4-6H2. The highest BCUT2D eigenvalue weighted by Crippen LogP contribution is 2.34. The second kappa shape index (κ2) is 3.35. The van der Waals surface area contributed by atoms with Gasteiger partial charge in [-0.2, -0.15) is 0 Å². The Balaban J connectivity index is 2.44. The molecule has 0 spiro atoms. The highest BCUT2D eigenvalue weighted by molar-refractivity contribution is 9.08. The van der Waals surface area contributed by atoms with Gasteiger partial charge < -0.3 is 9.47 Å². The van der Waals surface area contributed by atoms with E-state index in [9.17, 15) is 0 Å². The number of rotatable bonds is 1. The topological polar surface area (TPSA) is 18.5 Å². The molecule has 0 bridgehead atoms. The van der Waals surface area contributed by atoms with Crippen molar-refractivity contribution in [2.75, 3.05) is 13.2 Å². The van der Waals surface area contributed by atoms with Crippen LogP contribution in [0, 0.1) is 0 Å². The Morgan fingerprint density at radius 1 is 1.25 bits per heavy atom. The molecule has 1 heterocycles. The van der Waals surface area contributed by atoms with Crippen LogP contribution in [0.4, 0.5) is 0 Å². The van der Waals surface area contributed by atoms with E-state index in [0.29, 0.717) is 13.2 Å². The maximum Gasteiger partial charge on any atom is 0.165 e. The van der Waals surface area contributed by atoms with Gasteiger partial charge >= 0.3 is 0 Å². The summed E-state index contributed by atoms with van der Waals surface area (Å²) in [6.07, 6.45) is 0. The van der Waals surface area contributed by atoms with Crippen LogP contribution in [0.1, 0.15) is 5.56 Å². The highest BCUT2D eigenvalue weighted by atomic mass is 79.9. The van der Waals surface area contributed by atoms with E-state index in [1.807, 2.05) is 18.2 Å². The normalized spacial score (nSPS) is 14.4. The van der Waals surface area contributed by atoms with Gasteiger partial charge in [-0.3, -0.25) is 0 Å². The van der Waals surface area contributed by atoms with Crippen LogP contribution in [-0.4, -0.2) is 13.2 Å². The fourth-order valence-electron chi connectivity index (χ4n) is 1.24. The van der Waals surface area contributed by atoms with Crippen molar-refractivity contribution < 1.29 is 9.47 Å². The minimum atomic E-state index is 0.650. The van der Waals surface area contributed by atoms with Crippen LogP contribution in [0.2, 0.25) is 0 Å². The second-order valence-corrected chi connectivity index (χ2v) is 3.14. The molecule has 2 rings (SSSR count). The number of para-hydroxylation sites is 1. The maximum atomic E-state index is 5.49. The molecule has 0 fully saturated rings. The van der Waals surface area contributed by atoms with Gasteiger partial charge in [-0.1, -0.05) is 28.1 Å². The summed E-state index contributed by atoms with van der Waals surface area (Å²) in [7, 11) is 0. The summed E-state index contributed by atoms with van der Waals surface area (Å²) in [5.74, 6) is 1.75. The number of hydrogen-bond donors (Lipinski definition) is 0. The lowest BCUT2D eigenvalue weighted by Crippen LogP contribution is -2.16. The van der Waals surface area contributed by atoms with Gasteiger partial charge in [0.05, 0.1) is 0 Å². The van der Waals surface area contributed by atoms with Crippen molar-refractivity contribution in [1.29, 1.82) is 0 Å². The minimum Gasteiger partial charge on any atom is -0.486 e. The molecule has 0 N–H and O–H groups in total. The number of benzene rings is 1. The molecule has 1 aromatic carbocycles. The molecule has 64 valence electrons. The van der Waals surface area contributed by atoms with E-state index in [1.54, 1.807) is 0 Å². The molecule has 0 saturated carbocycles. The van der Waals surface area contributed by atoms with Crippen molar-refractivity contribution in [3.63, 3.8) is 0 Å². The summed E-state index contributed by atoms with van der Waals surface area (Å²) < 4.78 is 10.9. The fourth-order valence-corrected chi connectivity index (χ4v) is 1.68. The van der Waals surface area contributed by atoms with Gasteiger partial charge in [0.25, 0.3) is 0 Å². The van der Waals surface area contributed by atoms with E-state index in [4.69, 9.17) is 9.47 Å². The van der Waals surface area contributed by atoms with E-state index < -0.39 is 0 Å². The molecule has 2 nitrogen and oxygen atoms in total. The van der Waals surface area contributed by atoms with Crippen LogP contribution in [0.15, 0.2) is 18.2 Å². The monoisotopic (exact) mass is 228 g/mol. The lowest BCUT2D eigenvalue weighted by Gasteiger charge is -2.20. The molecule has 0 aliphatic carbocycles. The van der Waals surface area contributed by atoms with Crippen LogP contribution >= 0.6 is 15.9 Å². The first-order valence-electron chi connectivity index (χ1n) is 3.85. The molecule has 0 amide bonds. The van der Waals surface area contributed by atoms with Gasteiger partial charge in [-0.05, 0) is 6.07 Å². The van der Waals surface area contributed by atoms with Crippen molar-refractivity contribution in [2.45, 2.75) is 5.33 Å². The van der Waals surface area contributed by atoms with Crippen molar-refractivity contribution in [3.05, 3.63) is 23.8 Å². The molecule has 0 radical (unpaired) electrons. The molecular weight excluding hydrogens is 220 g/mol. The molecule has 12 heavy (non-hydrogen) atoms. The lowest BCUT2D eigenvalue weighted by atomic mass is 10.2. The first-order chi connectivity index (χ1) is 5.92. The number of alkyl halides is 1.